The summed E-state index contributed by atoms with van der Waals surface area (Å²) in [5.74, 6) is 0. The molecule has 14 aromatic carbocycles. The first-order valence-corrected chi connectivity index (χ1v) is 33.4. The molecule has 0 N–H and O–H groups in total. The van der Waals surface area contributed by atoms with Gasteiger partial charge in [0, 0.05) is 104 Å². The van der Waals surface area contributed by atoms with Crippen molar-refractivity contribution in [1.82, 2.24) is 18.2 Å². The SMILES string of the molecule is O=P12c3ccccc3-c3cc(-n4c5ccccc5c5ccccc54)ccc3N1c1ccc(-n3c4ccccc4c4ccccc43)cc1-c1ccccc12.c1ccc2c(c1)B1c3ccccc3-c3cc(-n4c5ccccc5c5ccccc54)cc4c5cccc-2c5n1c34. The van der Waals surface area contributed by atoms with Crippen molar-refractivity contribution in [3.8, 4) is 61.6 Å². The zero-order valence-corrected chi connectivity index (χ0v) is 50.5. The fourth-order valence-electron chi connectivity index (χ4n) is 16.9. The second-order valence-electron chi connectivity index (χ2n) is 25.0. The van der Waals surface area contributed by atoms with Crippen LogP contribution in [0, 0.1) is 0 Å². The van der Waals surface area contributed by atoms with Crippen molar-refractivity contribution < 1.29 is 4.57 Å². The highest BCUT2D eigenvalue weighted by Gasteiger charge is 2.48. The molecule has 0 bridgehead atoms. The van der Waals surface area contributed by atoms with Crippen LogP contribution in [0.5, 0.6) is 0 Å². The third-order valence-corrected chi connectivity index (χ3v) is 23.6. The number of para-hydroxylation sites is 7. The Hall–Kier alpha value is -11.6. The summed E-state index contributed by atoms with van der Waals surface area (Å²) in [5.41, 5.74) is 27.4. The van der Waals surface area contributed by atoms with Gasteiger partial charge in [-0.3, -0.25) is 9.24 Å². The number of hydrogen-bond acceptors (Lipinski definition) is 1. The molecule has 92 heavy (non-hydrogen) atoms. The summed E-state index contributed by atoms with van der Waals surface area (Å²) < 4.78 is 28.2. The Kier molecular flexibility index (Phi) is 10.1. The van der Waals surface area contributed by atoms with Crippen molar-refractivity contribution in [2.24, 2.45) is 0 Å². The molecule has 0 radical (unpaired) electrons. The van der Waals surface area contributed by atoms with E-state index in [1.54, 1.807) is 0 Å². The van der Waals surface area contributed by atoms with Gasteiger partial charge in [-0.15, -0.1) is 0 Å². The van der Waals surface area contributed by atoms with Crippen LogP contribution < -0.4 is 26.2 Å². The standard InChI is InChI=1S/C48H30N3OP.C36H21BN2/c52-53-47-23-11-5-17-37(47)39-29-31(49-41-19-7-1-13-33(41)34-14-2-8-20-42(34)49)25-27-45(39)51(53)46-28-26-32(30-40(46)38-18-6-12-24-48(38)53)50-43-21-9-3-15-35(43)36-16-4-10-22-44(36)50;1-5-16-31-23(10-1)27-14-9-15-28-30-21-22(38-33-18-7-3-12-25(33)26-13-4-8-19-34(26)38)20-29-24-11-2-6-17-32(24)37(31)39(35(27)28)36(29)30/h1-30H;1-21H. The van der Waals surface area contributed by atoms with Gasteiger partial charge in [-0.05, 0) is 130 Å². The molecule has 8 heteroatoms. The van der Waals surface area contributed by atoms with Gasteiger partial charge in [0.15, 0.2) is 0 Å². The van der Waals surface area contributed by atoms with Gasteiger partial charge in [0.1, 0.15) is 0 Å². The molecular formula is C84H51BN5OP. The second kappa shape index (κ2) is 18.5. The van der Waals surface area contributed by atoms with Crippen molar-refractivity contribution >= 4 is 134 Å². The fraction of sp³-hybridized carbons (Fsp3) is 0. The maximum atomic E-state index is 16.2. The van der Waals surface area contributed by atoms with Crippen LogP contribution >= 0.6 is 7.29 Å². The first-order chi connectivity index (χ1) is 45.6. The Morgan fingerprint density at radius 3 is 1.04 bits per heavy atom. The van der Waals surface area contributed by atoms with Crippen molar-refractivity contribution in [1.29, 1.82) is 0 Å². The van der Waals surface area contributed by atoms with E-state index in [9.17, 15) is 0 Å². The molecular weight excluding hydrogens is 1140 g/mol. The van der Waals surface area contributed by atoms with E-state index in [1.807, 2.05) is 12.1 Å². The number of aromatic nitrogens is 4. The van der Waals surface area contributed by atoms with E-state index in [-0.39, 0.29) is 6.85 Å². The van der Waals surface area contributed by atoms with Gasteiger partial charge in [0.05, 0.1) is 44.5 Å². The minimum absolute atomic E-state index is 0.180. The van der Waals surface area contributed by atoms with Crippen LogP contribution in [0.15, 0.2) is 309 Å². The molecule has 0 atom stereocenters. The van der Waals surface area contributed by atoms with E-state index in [2.05, 4.69) is 320 Å². The molecule has 4 aliphatic heterocycles. The van der Waals surface area contributed by atoms with E-state index in [1.165, 1.54) is 126 Å². The maximum absolute atomic E-state index is 16.2. The van der Waals surface area contributed by atoms with E-state index in [0.717, 1.165) is 55.6 Å². The molecule has 18 aromatic rings. The Labute approximate surface area is 529 Å². The smallest absolute Gasteiger partial charge is 0.329 e. The average molecular weight is 1190 g/mol. The van der Waals surface area contributed by atoms with Gasteiger partial charge in [-0.2, -0.15) is 0 Å². The Morgan fingerprint density at radius 2 is 0.587 bits per heavy atom. The lowest BCUT2D eigenvalue weighted by Gasteiger charge is -2.44. The first kappa shape index (κ1) is 50.3. The van der Waals surface area contributed by atoms with Gasteiger partial charge in [0.2, 0.25) is 7.29 Å². The van der Waals surface area contributed by atoms with Crippen molar-refractivity contribution in [3.63, 3.8) is 0 Å². The molecule has 0 fully saturated rings. The van der Waals surface area contributed by atoms with E-state index >= 15 is 4.57 Å². The molecule has 0 amide bonds. The van der Waals surface area contributed by atoms with Crippen molar-refractivity contribution in [3.05, 3.63) is 309 Å². The molecule has 4 aliphatic rings. The molecule has 4 aromatic heterocycles. The quantitative estimate of drug-likeness (QED) is 0.131. The predicted molar refractivity (Wildman–Crippen MR) is 387 cm³/mol. The van der Waals surface area contributed by atoms with Gasteiger partial charge >= 0.3 is 6.85 Å². The summed E-state index contributed by atoms with van der Waals surface area (Å²) in [5, 5.41) is 11.9. The number of anilines is 2. The number of rotatable bonds is 3. The average Bonchev–Trinajstić information content (AvgIpc) is 1.03. The van der Waals surface area contributed by atoms with Gasteiger partial charge < -0.3 is 18.2 Å². The molecule has 0 spiro atoms. The van der Waals surface area contributed by atoms with E-state index in [0.29, 0.717) is 0 Å². The van der Waals surface area contributed by atoms with Gasteiger partial charge in [0.25, 0.3) is 0 Å². The van der Waals surface area contributed by atoms with Crippen LogP contribution in [-0.4, -0.2) is 25.0 Å². The summed E-state index contributed by atoms with van der Waals surface area (Å²) in [6, 6.07) is 112. The highest BCUT2D eigenvalue weighted by molar-refractivity contribution is 7.81. The summed E-state index contributed by atoms with van der Waals surface area (Å²) >= 11 is 0. The first-order valence-electron chi connectivity index (χ1n) is 31.7. The number of nitrogens with zero attached hydrogens (tertiary/aromatic N) is 5. The largest absolute Gasteiger partial charge is 0.375 e. The number of fused-ring (bicyclic) bond motifs is 27. The highest BCUT2D eigenvalue weighted by Crippen LogP contribution is 2.66. The maximum Gasteiger partial charge on any atom is 0.329 e. The molecule has 426 valence electrons. The predicted octanol–water partition coefficient (Wildman–Crippen LogP) is 19.4. The molecule has 6 nitrogen and oxygen atoms in total. The fourth-order valence-corrected chi connectivity index (χ4v) is 20.1. The molecule has 0 aliphatic carbocycles. The van der Waals surface area contributed by atoms with Crippen LogP contribution in [0.25, 0.3) is 149 Å². The molecule has 8 heterocycles. The van der Waals surface area contributed by atoms with Crippen LogP contribution in [0.3, 0.4) is 0 Å². The highest BCUT2D eigenvalue weighted by atomic mass is 31.2. The summed E-state index contributed by atoms with van der Waals surface area (Å²) in [6.07, 6.45) is 0. The third-order valence-electron chi connectivity index (χ3n) is 20.5. The summed E-state index contributed by atoms with van der Waals surface area (Å²) in [6.45, 7) is 0.180. The second-order valence-corrected chi connectivity index (χ2v) is 27.5. The van der Waals surface area contributed by atoms with Crippen LogP contribution in [0.4, 0.5) is 11.4 Å². The normalized spacial score (nSPS) is 13.5. The van der Waals surface area contributed by atoms with Gasteiger partial charge in [-0.1, -0.05) is 212 Å². The Balaban J connectivity index is 0.000000130. The lowest BCUT2D eigenvalue weighted by Crippen LogP contribution is -2.53. The zero-order chi connectivity index (χ0) is 60.1. The number of benzene rings is 14. The monoisotopic (exact) mass is 1190 g/mol. The van der Waals surface area contributed by atoms with Gasteiger partial charge in [-0.25, -0.2) is 0 Å². The van der Waals surface area contributed by atoms with Crippen molar-refractivity contribution in [2.45, 2.75) is 0 Å². The van der Waals surface area contributed by atoms with Crippen LogP contribution in [-0.2, 0) is 4.57 Å². The Bertz CT molecular complexity index is 5980. The molecule has 22 rings (SSSR count). The summed E-state index contributed by atoms with van der Waals surface area (Å²) in [7, 11) is -3.35. The lowest BCUT2D eigenvalue weighted by atomic mass is 9.45. The van der Waals surface area contributed by atoms with Crippen molar-refractivity contribution in [2.75, 3.05) is 4.67 Å². The summed E-state index contributed by atoms with van der Waals surface area (Å²) in [4.78, 5) is 0. The van der Waals surface area contributed by atoms with Crippen LogP contribution in [0.1, 0.15) is 0 Å². The molecule has 0 unspecified atom stereocenters. The zero-order valence-electron chi connectivity index (χ0n) is 49.6. The minimum atomic E-state index is -3.35. The van der Waals surface area contributed by atoms with E-state index in [4.69, 9.17) is 0 Å². The minimum Gasteiger partial charge on any atom is -0.375 e. The van der Waals surface area contributed by atoms with Crippen LogP contribution in [0.2, 0.25) is 0 Å². The molecule has 0 saturated carbocycles. The topological polar surface area (TPSA) is 40.0 Å². The Morgan fingerprint density at radius 1 is 0.250 bits per heavy atom. The third kappa shape index (κ3) is 6.51. The molecule has 0 saturated heterocycles. The lowest BCUT2D eigenvalue weighted by molar-refractivity contribution is 0.586. The van der Waals surface area contributed by atoms with E-state index < -0.39 is 7.29 Å². The number of hydrogen-bond donors (Lipinski definition) is 0.